The highest BCUT2D eigenvalue weighted by Gasteiger charge is 2.32. The van der Waals surface area contributed by atoms with Crippen LogP contribution in [0.3, 0.4) is 0 Å². The van der Waals surface area contributed by atoms with Gasteiger partial charge in [-0.3, -0.25) is 0 Å². The van der Waals surface area contributed by atoms with Crippen LogP contribution in [0.15, 0.2) is 12.5 Å². The number of imidazole rings is 1. The lowest BCUT2D eigenvalue weighted by Crippen LogP contribution is -2.34. The summed E-state index contributed by atoms with van der Waals surface area (Å²) in [5.41, 5.74) is 7.43. The molecule has 4 nitrogen and oxygen atoms in total. The quantitative estimate of drug-likeness (QED) is 0.845. The van der Waals surface area contributed by atoms with E-state index in [0.29, 0.717) is 18.1 Å². The highest BCUT2D eigenvalue weighted by Crippen LogP contribution is 2.36. The average molecular weight is 251 g/mol. The zero-order chi connectivity index (χ0) is 13.1. The van der Waals surface area contributed by atoms with Gasteiger partial charge in [-0.2, -0.15) is 0 Å². The molecule has 1 aromatic heterocycles. The molecule has 0 bridgehead atoms. The molecular weight excluding hydrogens is 226 g/mol. The van der Waals surface area contributed by atoms with E-state index in [2.05, 4.69) is 30.3 Å². The zero-order valence-corrected chi connectivity index (χ0v) is 11.7. The second kappa shape index (κ2) is 5.85. The second-order valence-corrected chi connectivity index (χ2v) is 5.66. The Bertz CT molecular complexity index is 369. The molecule has 1 atom stereocenters. The lowest BCUT2D eigenvalue weighted by atomic mass is 9.88. The van der Waals surface area contributed by atoms with Gasteiger partial charge in [0.1, 0.15) is 0 Å². The van der Waals surface area contributed by atoms with Crippen molar-refractivity contribution in [3.8, 4) is 0 Å². The van der Waals surface area contributed by atoms with Gasteiger partial charge < -0.3 is 15.0 Å². The van der Waals surface area contributed by atoms with Gasteiger partial charge in [0.2, 0.25) is 0 Å². The van der Waals surface area contributed by atoms with Gasteiger partial charge in [0.05, 0.1) is 18.1 Å². The Balaban J connectivity index is 1.96. The molecule has 2 N–H and O–H groups in total. The first-order valence-corrected chi connectivity index (χ1v) is 7.00. The fourth-order valence-electron chi connectivity index (χ4n) is 2.67. The lowest BCUT2D eigenvalue weighted by molar-refractivity contribution is -0.0205. The number of rotatable bonds is 6. The summed E-state index contributed by atoms with van der Waals surface area (Å²) < 4.78 is 7.86. The molecule has 2 rings (SSSR count). The van der Waals surface area contributed by atoms with Crippen molar-refractivity contribution in [1.82, 2.24) is 9.55 Å². The number of nitrogens with two attached hydrogens (primary N) is 1. The Labute approximate surface area is 110 Å². The van der Waals surface area contributed by atoms with Gasteiger partial charge in [-0.05, 0) is 32.1 Å². The van der Waals surface area contributed by atoms with Crippen LogP contribution in [0.2, 0.25) is 0 Å². The SMILES string of the molecule is CCOC1CC(n2cncc2C(N)CC(C)C)C1. The first kappa shape index (κ1) is 13.6. The lowest BCUT2D eigenvalue weighted by Gasteiger charge is -2.37. The molecule has 1 aromatic rings. The molecule has 1 unspecified atom stereocenters. The molecule has 4 heteroatoms. The monoisotopic (exact) mass is 251 g/mol. The predicted molar refractivity (Wildman–Crippen MR) is 72.3 cm³/mol. The van der Waals surface area contributed by atoms with Gasteiger partial charge in [0.25, 0.3) is 0 Å². The van der Waals surface area contributed by atoms with E-state index in [1.807, 2.05) is 12.5 Å². The largest absolute Gasteiger partial charge is 0.378 e. The molecule has 1 heterocycles. The summed E-state index contributed by atoms with van der Waals surface area (Å²) in [5, 5.41) is 0. The van der Waals surface area contributed by atoms with Crippen molar-refractivity contribution in [3.05, 3.63) is 18.2 Å². The number of hydrogen-bond acceptors (Lipinski definition) is 3. The van der Waals surface area contributed by atoms with Crippen LogP contribution < -0.4 is 5.73 Å². The van der Waals surface area contributed by atoms with Gasteiger partial charge in [-0.1, -0.05) is 13.8 Å². The Morgan fingerprint density at radius 1 is 1.50 bits per heavy atom. The molecule has 0 saturated heterocycles. The average Bonchev–Trinajstić information content (AvgIpc) is 2.70. The standard InChI is InChI=1S/C14H25N3O/c1-4-18-12-6-11(7-12)17-9-16-8-14(17)13(15)5-10(2)3/h8-13H,4-7,15H2,1-3H3. The molecule has 1 fully saturated rings. The summed E-state index contributed by atoms with van der Waals surface area (Å²) in [4.78, 5) is 4.27. The van der Waals surface area contributed by atoms with Gasteiger partial charge in [-0.15, -0.1) is 0 Å². The fraction of sp³-hybridized carbons (Fsp3) is 0.786. The summed E-state index contributed by atoms with van der Waals surface area (Å²) in [7, 11) is 0. The van der Waals surface area contributed by atoms with Crippen molar-refractivity contribution >= 4 is 0 Å². The number of aromatic nitrogens is 2. The van der Waals surface area contributed by atoms with E-state index in [9.17, 15) is 0 Å². The highest BCUT2D eigenvalue weighted by molar-refractivity contribution is 5.08. The van der Waals surface area contributed by atoms with E-state index >= 15 is 0 Å². The topological polar surface area (TPSA) is 53.1 Å². The molecular formula is C14H25N3O. The Morgan fingerprint density at radius 2 is 2.22 bits per heavy atom. The maximum absolute atomic E-state index is 6.26. The first-order valence-electron chi connectivity index (χ1n) is 7.00. The summed E-state index contributed by atoms with van der Waals surface area (Å²) in [6, 6.07) is 0.621. The summed E-state index contributed by atoms with van der Waals surface area (Å²) in [6.07, 6.45) is 7.45. The second-order valence-electron chi connectivity index (χ2n) is 5.66. The molecule has 0 spiro atoms. The maximum atomic E-state index is 6.26. The van der Waals surface area contributed by atoms with Crippen LogP contribution in [-0.2, 0) is 4.74 Å². The smallest absolute Gasteiger partial charge is 0.0951 e. The normalized spacial score (nSPS) is 25.2. The van der Waals surface area contributed by atoms with Crippen LogP contribution in [0, 0.1) is 5.92 Å². The van der Waals surface area contributed by atoms with E-state index in [-0.39, 0.29) is 6.04 Å². The van der Waals surface area contributed by atoms with Crippen LogP contribution in [0.4, 0.5) is 0 Å². The molecule has 0 amide bonds. The molecule has 1 saturated carbocycles. The number of nitrogens with zero attached hydrogens (tertiary/aromatic N) is 2. The highest BCUT2D eigenvalue weighted by atomic mass is 16.5. The Hall–Kier alpha value is -0.870. The minimum Gasteiger partial charge on any atom is -0.378 e. The molecule has 0 aromatic carbocycles. The van der Waals surface area contributed by atoms with E-state index in [4.69, 9.17) is 10.5 Å². The minimum atomic E-state index is 0.0960. The van der Waals surface area contributed by atoms with Crippen LogP contribution >= 0.6 is 0 Å². The van der Waals surface area contributed by atoms with Crippen molar-refractivity contribution in [2.45, 2.75) is 58.2 Å². The van der Waals surface area contributed by atoms with Gasteiger partial charge in [0.15, 0.2) is 0 Å². The third kappa shape index (κ3) is 2.93. The third-order valence-electron chi connectivity index (χ3n) is 3.67. The molecule has 18 heavy (non-hydrogen) atoms. The predicted octanol–water partition coefficient (Wildman–Crippen LogP) is 2.67. The van der Waals surface area contributed by atoms with Gasteiger partial charge in [0, 0.05) is 24.9 Å². The molecule has 1 aliphatic carbocycles. The Kier molecular flexibility index (Phi) is 4.40. The van der Waals surface area contributed by atoms with Crippen LogP contribution in [0.5, 0.6) is 0 Å². The molecule has 0 aliphatic heterocycles. The van der Waals surface area contributed by atoms with E-state index in [0.717, 1.165) is 25.9 Å². The minimum absolute atomic E-state index is 0.0960. The summed E-state index contributed by atoms with van der Waals surface area (Å²) in [5.74, 6) is 0.612. The van der Waals surface area contributed by atoms with Crippen molar-refractivity contribution in [3.63, 3.8) is 0 Å². The number of hydrogen-bond donors (Lipinski definition) is 1. The molecule has 0 radical (unpaired) electrons. The summed E-state index contributed by atoms with van der Waals surface area (Å²) >= 11 is 0. The van der Waals surface area contributed by atoms with Crippen molar-refractivity contribution in [2.75, 3.05) is 6.61 Å². The number of ether oxygens (including phenoxy) is 1. The van der Waals surface area contributed by atoms with Crippen LogP contribution in [0.1, 0.15) is 57.8 Å². The fourth-order valence-corrected chi connectivity index (χ4v) is 2.67. The van der Waals surface area contributed by atoms with E-state index in [1.54, 1.807) is 0 Å². The Morgan fingerprint density at radius 3 is 2.83 bits per heavy atom. The molecule has 102 valence electrons. The van der Waals surface area contributed by atoms with Crippen LogP contribution in [-0.4, -0.2) is 22.3 Å². The van der Waals surface area contributed by atoms with Crippen LogP contribution in [0.25, 0.3) is 0 Å². The van der Waals surface area contributed by atoms with Crippen molar-refractivity contribution in [1.29, 1.82) is 0 Å². The first-order chi connectivity index (χ1) is 8.61. The van der Waals surface area contributed by atoms with E-state index < -0.39 is 0 Å². The van der Waals surface area contributed by atoms with Crippen molar-refractivity contribution < 1.29 is 4.74 Å². The maximum Gasteiger partial charge on any atom is 0.0951 e. The van der Waals surface area contributed by atoms with Gasteiger partial charge >= 0.3 is 0 Å². The molecule has 1 aliphatic rings. The summed E-state index contributed by atoms with van der Waals surface area (Å²) in [6.45, 7) is 7.26. The van der Waals surface area contributed by atoms with E-state index in [1.165, 1.54) is 5.69 Å². The van der Waals surface area contributed by atoms with Crippen molar-refractivity contribution in [2.24, 2.45) is 11.7 Å². The third-order valence-corrected chi connectivity index (χ3v) is 3.67. The zero-order valence-electron chi connectivity index (χ0n) is 11.7. The van der Waals surface area contributed by atoms with Gasteiger partial charge in [-0.25, -0.2) is 4.98 Å².